The number of rotatable bonds is 7. The zero-order valence-corrected chi connectivity index (χ0v) is 14.9. The molecule has 0 bridgehead atoms. The van der Waals surface area contributed by atoms with Crippen LogP contribution in [-0.2, 0) is 6.42 Å². The first-order valence-corrected chi connectivity index (χ1v) is 9.05. The Morgan fingerprint density at radius 3 is 2.88 bits per heavy atom. The Morgan fingerprint density at radius 1 is 1.19 bits per heavy atom. The lowest BCUT2D eigenvalue weighted by atomic mass is 10.00. The van der Waals surface area contributed by atoms with Gasteiger partial charge in [-0.15, -0.1) is 0 Å². The van der Waals surface area contributed by atoms with Crippen LogP contribution in [0.15, 0.2) is 57.6 Å². The minimum Gasteiger partial charge on any atom is -0.465 e. The third-order valence-electron chi connectivity index (χ3n) is 4.70. The highest BCUT2D eigenvalue weighted by molar-refractivity contribution is 5.52. The first kappa shape index (κ1) is 17.0. The fourth-order valence-electron chi connectivity index (χ4n) is 3.29. The van der Waals surface area contributed by atoms with Crippen molar-refractivity contribution in [2.75, 3.05) is 19.6 Å². The van der Waals surface area contributed by atoms with E-state index in [4.69, 9.17) is 8.83 Å². The van der Waals surface area contributed by atoms with Crippen molar-refractivity contribution in [1.82, 2.24) is 21.2 Å². The first-order chi connectivity index (χ1) is 12.8. The number of aromatic nitrogens is 1. The SMILES string of the molecule is Cc1ccc(C2NNCC2CNCCc2coc(-c3ccccc3)n2)o1. The lowest BCUT2D eigenvalue weighted by Crippen LogP contribution is -2.29. The molecule has 2 unspecified atom stereocenters. The number of oxazole rings is 1. The highest BCUT2D eigenvalue weighted by atomic mass is 16.3. The monoisotopic (exact) mass is 352 g/mol. The molecule has 3 heterocycles. The molecule has 6 heteroatoms. The van der Waals surface area contributed by atoms with E-state index in [2.05, 4.69) is 21.2 Å². The molecular formula is C20H24N4O2. The summed E-state index contributed by atoms with van der Waals surface area (Å²) >= 11 is 0. The number of hydrogen-bond acceptors (Lipinski definition) is 6. The summed E-state index contributed by atoms with van der Waals surface area (Å²) in [5.74, 6) is 3.06. The third kappa shape index (κ3) is 3.88. The number of hydrogen-bond donors (Lipinski definition) is 3. The molecular weight excluding hydrogens is 328 g/mol. The molecule has 2 aromatic heterocycles. The fourth-order valence-corrected chi connectivity index (χ4v) is 3.29. The van der Waals surface area contributed by atoms with Crippen molar-refractivity contribution < 1.29 is 8.83 Å². The van der Waals surface area contributed by atoms with Crippen molar-refractivity contribution in [2.24, 2.45) is 5.92 Å². The van der Waals surface area contributed by atoms with Gasteiger partial charge in [-0.1, -0.05) is 18.2 Å². The van der Waals surface area contributed by atoms with Gasteiger partial charge in [0.05, 0.1) is 11.7 Å². The fraction of sp³-hybridized carbons (Fsp3) is 0.350. The van der Waals surface area contributed by atoms with Crippen LogP contribution in [0.5, 0.6) is 0 Å². The van der Waals surface area contributed by atoms with E-state index in [1.165, 1.54) is 0 Å². The Kier molecular flexibility index (Phi) is 5.15. The Balaban J connectivity index is 1.26. The van der Waals surface area contributed by atoms with Gasteiger partial charge in [0.1, 0.15) is 17.8 Å². The molecule has 0 radical (unpaired) electrons. The molecule has 0 spiro atoms. The molecule has 1 saturated heterocycles. The molecule has 6 nitrogen and oxygen atoms in total. The Morgan fingerprint density at radius 2 is 2.08 bits per heavy atom. The van der Waals surface area contributed by atoms with Crippen molar-refractivity contribution in [3.63, 3.8) is 0 Å². The quantitative estimate of drug-likeness (QED) is 0.568. The van der Waals surface area contributed by atoms with Gasteiger partial charge in [0.2, 0.25) is 5.89 Å². The van der Waals surface area contributed by atoms with E-state index in [1.807, 2.05) is 49.4 Å². The average Bonchev–Trinajstić information content (AvgIpc) is 3.40. The molecule has 3 aromatic rings. The maximum Gasteiger partial charge on any atom is 0.226 e. The summed E-state index contributed by atoms with van der Waals surface area (Å²) in [6.07, 6.45) is 2.59. The van der Waals surface area contributed by atoms with Crippen LogP contribution >= 0.6 is 0 Å². The van der Waals surface area contributed by atoms with Crippen molar-refractivity contribution >= 4 is 0 Å². The lowest BCUT2D eigenvalue weighted by molar-refractivity contribution is 0.361. The van der Waals surface area contributed by atoms with E-state index in [0.717, 1.165) is 48.8 Å². The minimum absolute atomic E-state index is 0.202. The van der Waals surface area contributed by atoms with E-state index in [1.54, 1.807) is 6.26 Å². The first-order valence-electron chi connectivity index (χ1n) is 9.05. The van der Waals surface area contributed by atoms with Gasteiger partial charge in [-0.05, 0) is 31.2 Å². The molecule has 0 aliphatic carbocycles. The molecule has 0 saturated carbocycles. The van der Waals surface area contributed by atoms with E-state index < -0.39 is 0 Å². The van der Waals surface area contributed by atoms with Gasteiger partial charge in [0.15, 0.2) is 0 Å². The van der Waals surface area contributed by atoms with Gasteiger partial charge in [0, 0.05) is 37.5 Å². The number of benzene rings is 1. The highest BCUT2D eigenvalue weighted by Gasteiger charge is 2.30. The average molecular weight is 352 g/mol. The summed E-state index contributed by atoms with van der Waals surface area (Å²) in [6.45, 7) is 4.66. The van der Waals surface area contributed by atoms with E-state index in [-0.39, 0.29) is 6.04 Å². The number of nitrogens with one attached hydrogen (secondary N) is 3. The Bertz CT molecular complexity index is 827. The molecule has 1 aromatic carbocycles. The largest absolute Gasteiger partial charge is 0.465 e. The molecule has 1 aliphatic rings. The van der Waals surface area contributed by atoms with Crippen LogP contribution in [-0.4, -0.2) is 24.6 Å². The van der Waals surface area contributed by atoms with Gasteiger partial charge in [-0.3, -0.25) is 5.43 Å². The van der Waals surface area contributed by atoms with Crippen LogP contribution in [0.1, 0.15) is 23.3 Å². The summed E-state index contributed by atoms with van der Waals surface area (Å²) in [4.78, 5) is 4.57. The zero-order valence-electron chi connectivity index (χ0n) is 14.9. The van der Waals surface area contributed by atoms with Crippen LogP contribution in [0.3, 0.4) is 0 Å². The molecule has 136 valence electrons. The molecule has 1 fully saturated rings. The van der Waals surface area contributed by atoms with E-state index >= 15 is 0 Å². The number of furan rings is 1. The van der Waals surface area contributed by atoms with Crippen molar-refractivity contribution in [3.05, 3.63) is 65.9 Å². The van der Waals surface area contributed by atoms with Crippen molar-refractivity contribution in [2.45, 2.75) is 19.4 Å². The van der Waals surface area contributed by atoms with Gasteiger partial charge in [-0.25, -0.2) is 10.4 Å². The summed E-state index contributed by atoms with van der Waals surface area (Å²) in [5, 5.41) is 3.53. The molecule has 26 heavy (non-hydrogen) atoms. The molecule has 1 aliphatic heterocycles. The zero-order chi connectivity index (χ0) is 17.8. The maximum absolute atomic E-state index is 5.77. The Labute approximate surface area is 153 Å². The smallest absolute Gasteiger partial charge is 0.226 e. The summed E-state index contributed by atoms with van der Waals surface area (Å²) in [6, 6.07) is 14.2. The molecule has 0 amide bonds. The third-order valence-corrected chi connectivity index (χ3v) is 4.70. The summed E-state index contributed by atoms with van der Waals surface area (Å²) in [7, 11) is 0. The summed E-state index contributed by atoms with van der Waals surface area (Å²) < 4.78 is 11.4. The van der Waals surface area contributed by atoms with E-state index in [0.29, 0.717) is 11.8 Å². The van der Waals surface area contributed by atoms with Gasteiger partial charge < -0.3 is 14.2 Å². The number of nitrogens with zero attached hydrogens (tertiary/aromatic N) is 1. The second-order valence-corrected chi connectivity index (χ2v) is 6.68. The highest BCUT2D eigenvalue weighted by Crippen LogP contribution is 2.26. The van der Waals surface area contributed by atoms with Gasteiger partial charge >= 0.3 is 0 Å². The number of hydrazine groups is 1. The predicted octanol–water partition coefficient (Wildman–Crippen LogP) is 2.84. The summed E-state index contributed by atoms with van der Waals surface area (Å²) in [5.41, 5.74) is 8.51. The molecule has 2 atom stereocenters. The van der Waals surface area contributed by atoms with Crippen LogP contribution in [0, 0.1) is 12.8 Å². The second-order valence-electron chi connectivity index (χ2n) is 6.68. The van der Waals surface area contributed by atoms with Crippen LogP contribution in [0.2, 0.25) is 0 Å². The van der Waals surface area contributed by atoms with Crippen LogP contribution in [0.25, 0.3) is 11.5 Å². The van der Waals surface area contributed by atoms with Gasteiger partial charge in [-0.2, -0.15) is 0 Å². The molecule has 4 rings (SSSR count). The number of aryl methyl sites for hydroxylation is 1. The van der Waals surface area contributed by atoms with Crippen LogP contribution in [0.4, 0.5) is 0 Å². The standard InChI is InChI=1S/C20H24N4O2/c1-14-7-8-18(26-14)19-16(12-22-24-19)11-21-10-9-17-13-25-20(23-17)15-5-3-2-4-6-15/h2-8,13,16,19,21-22,24H,9-12H2,1H3. The minimum atomic E-state index is 0.202. The van der Waals surface area contributed by atoms with Gasteiger partial charge in [0.25, 0.3) is 0 Å². The topological polar surface area (TPSA) is 75.3 Å². The predicted molar refractivity (Wildman–Crippen MR) is 99.3 cm³/mol. The Hall–Kier alpha value is -2.41. The normalized spacial score (nSPS) is 19.9. The van der Waals surface area contributed by atoms with Crippen LogP contribution < -0.4 is 16.2 Å². The maximum atomic E-state index is 5.77. The van der Waals surface area contributed by atoms with Crippen molar-refractivity contribution in [3.8, 4) is 11.5 Å². The second kappa shape index (κ2) is 7.86. The molecule has 3 N–H and O–H groups in total. The van der Waals surface area contributed by atoms with E-state index in [9.17, 15) is 0 Å². The lowest BCUT2D eigenvalue weighted by Gasteiger charge is -2.16. The van der Waals surface area contributed by atoms with Crippen molar-refractivity contribution in [1.29, 1.82) is 0 Å².